The first kappa shape index (κ1) is 17.4. The van der Waals surface area contributed by atoms with Gasteiger partial charge in [-0.05, 0) is 56.9 Å². The quantitative estimate of drug-likeness (QED) is 0.913. The van der Waals surface area contributed by atoms with Gasteiger partial charge in [-0.25, -0.2) is 4.79 Å². The van der Waals surface area contributed by atoms with E-state index in [-0.39, 0.29) is 17.9 Å². The summed E-state index contributed by atoms with van der Waals surface area (Å²) in [6, 6.07) is 3.55. The Labute approximate surface area is 138 Å². The van der Waals surface area contributed by atoms with Gasteiger partial charge in [0.25, 0.3) is 0 Å². The summed E-state index contributed by atoms with van der Waals surface area (Å²) in [6.07, 6.45) is 2.22. The van der Waals surface area contributed by atoms with Gasteiger partial charge < -0.3 is 19.5 Å². The number of amides is 1. The second-order valence-electron chi connectivity index (χ2n) is 6.95. The topological polar surface area (TPSA) is 59.0 Å². The highest BCUT2D eigenvalue weighted by atomic mass is 16.6. The van der Waals surface area contributed by atoms with E-state index >= 15 is 0 Å². The van der Waals surface area contributed by atoms with Crippen LogP contribution in [0.2, 0.25) is 0 Å². The SMILES string of the molecule is CCCC1c2cc(OC)c(O)cc2CCN1C(=O)OC(C)(C)C. The minimum Gasteiger partial charge on any atom is -0.504 e. The van der Waals surface area contributed by atoms with Gasteiger partial charge in [0.2, 0.25) is 0 Å². The highest BCUT2D eigenvalue weighted by molar-refractivity contribution is 5.70. The Kier molecular flexibility index (Phi) is 5.07. The van der Waals surface area contributed by atoms with Crippen molar-refractivity contribution in [3.63, 3.8) is 0 Å². The Hall–Kier alpha value is -1.91. The fourth-order valence-corrected chi connectivity index (χ4v) is 3.01. The van der Waals surface area contributed by atoms with E-state index in [4.69, 9.17) is 9.47 Å². The number of phenolic OH excluding ortho intramolecular Hbond substituents is 1. The van der Waals surface area contributed by atoms with E-state index in [1.807, 2.05) is 26.8 Å². The third kappa shape index (κ3) is 3.89. The van der Waals surface area contributed by atoms with Gasteiger partial charge in [0.1, 0.15) is 5.60 Å². The van der Waals surface area contributed by atoms with Crippen molar-refractivity contribution in [2.45, 2.75) is 58.6 Å². The minimum absolute atomic E-state index is 0.0481. The highest BCUT2D eigenvalue weighted by Crippen LogP contribution is 2.39. The number of nitrogens with zero attached hydrogens (tertiary/aromatic N) is 1. The van der Waals surface area contributed by atoms with Crippen molar-refractivity contribution in [1.82, 2.24) is 4.90 Å². The van der Waals surface area contributed by atoms with Crippen LogP contribution < -0.4 is 4.74 Å². The molecule has 1 aliphatic heterocycles. The molecule has 0 aliphatic carbocycles. The summed E-state index contributed by atoms with van der Waals surface area (Å²) in [5, 5.41) is 9.98. The van der Waals surface area contributed by atoms with E-state index in [1.165, 1.54) is 7.11 Å². The van der Waals surface area contributed by atoms with Crippen molar-refractivity contribution in [3.05, 3.63) is 23.3 Å². The van der Waals surface area contributed by atoms with Crippen LogP contribution in [0.5, 0.6) is 11.5 Å². The van der Waals surface area contributed by atoms with Crippen LogP contribution in [0.3, 0.4) is 0 Å². The molecule has 5 nitrogen and oxygen atoms in total. The second-order valence-corrected chi connectivity index (χ2v) is 6.95. The third-order valence-corrected chi connectivity index (χ3v) is 3.99. The van der Waals surface area contributed by atoms with Crippen LogP contribution in [0.1, 0.15) is 57.7 Å². The van der Waals surface area contributed by atoms with Gasteiger partial charge in [-0.1, -0.05) is 13.3 Å². The van der Waals surface area contributed by atoms with E-state index in [0.29, 0.717) is 18.7 Å². The number of ether oxygens (including phenoxy) is 2. The number of hydrogen-bond acceptors (Lipinski definition) is 4. The summed E-state index contributed by atoms with van der Waals surface area (Å²) in [6.45, 7) is 8.31. The standard InChI is InChI=1S/C18H27NO4/c1-6-7-14-13-11-16(22-5)15(20)10-12(13)8-9-19(14)17(21)23-18(2,3)4/h10-11,14,20H,6-9H2,1-5H3. The van der Waals surface area contributed by atoms with Gasteiger partial charge in [0, 0.05) is 6.54 Å². The van der Waals surface area contributed by atoms with Gasteiger partial charge in [-0.2, -0.15) is 0 Å². The second kappa shape index (κ2) is 6.69. The number of methoxy groups -OCH3 is 1. The van der Waals surface area contributed by atoms with E-state index in [1.54, 1.807) is 11.0 Å². The summed E-state index contributed by atoms with van der Waals surface area (Å²) in [4.78, 5) is 14.4. The van der Waals surface area contributed by atoms with Gasteiger partial charge >= 0.3 is 6.09 Å². The van der Waals surface area contributed by atoms with Gasteiger partial charge in [0.05, 0.1) is 13.2 Å². The average molecular weight is 321 g/mol. The van der Waals surface area contributed by atoms with Crippen LogP contribution in [-0.2, 0) is 11.2 Å². The molecule has 2 rings (SSSR count). The first-order valence-electron chi connectivity index (χ1n) is 8.16. The lowest BCUT2D eigenvalue weighted by Gasteiger charge is -2.38. The molecule has 0 spiro atoms. The normalized spacial score (nSPS) is 17.6. The van der Waals surface area contributed by atoms with Crippen molar-refractivity contribution in [3.8, 4) is 11.5 Å². The molecule has 1 unspecified atom stereocenters. The molecular formula is C18H27NO4. The number of carbonyl (C=O) groups excluding carboxylic acids is 1. The van der Waals surface area contributed by atoms with E-state index < -0.39 is 5.60 Å². The van der Waals surface area contributed by atoms with E-state index in [2.05, 4.69) is 6.92 Å². The summed E-state index contributed by atoms with van der Waals surface area (Å²) in [5.74, 6) is 0.586. The molecule has 0 radical (unpaired) electrons. The molecule has 0 bridgehead atoms. The average Bonchev–Trinajstić information content (AvgIpc) is 2.45. The van der Waals surface area contributed by atoms with E-state index in [9.17, 15) is 9.90 Å². The van der Waals surface area contributed by atoms with Crippen LogP contribution in [0.25, 0.3) is 0 Å². The van der Waals surface area contributed by atoms with Crippen LogP contribution in [0.4, 0.5) is 4.79 Å². The number of aromatic hydroxyl groups is 1. The molecule has 1 atom stereocenters. The fraction of sp³-hybridized carbons (Fsp3) is 0.611. The maximum Gasteiger partial charge on any atom is 0.410 e. The summed E-state index contributed by atoms with van der Waals surface area (Å²) in [5.41, 5.74) is 1.60. The molecule has 0 saturated heterocycles. The van der Waals surface area contributed by atoms with Crippen molar-refractivity contribution in [2.75, 3.05) is 13.7 Å². The lowest BCUT2D eigenvalue weighted by atomic mass is 9.89. The molecule has 1 aliphatic rings. The Morgan fingerprint density at radius 1 is 1.39 bits per heavy atom. The molecule has 1 N–H and O–H groups in total. The van der Waals surface area contributed by atoms with Gasteiger partial charge in [-0.3, -0.25) is 0 Å². The number of hydrogen-bond donors (Lipinski definition) is 1. The van der Waals surface area contributed by atoms with Crippen LogP contribution in [-0.4, -0.2) is 35.4 Å². The number of benzene rings is 1. The summed E-state index contributed by atoms with van der Waals surface area (Å²) in [7, 11) is 1.53. The van der Waals surface area contributed by atoms with Gasteiger partial charge in [0.15, 0.2) is 11.5 Å². The van der Waals surface area contributed by atoms with Crippen LogP contribution >= 0.6 is 0 Å². The molecule has 128 valence electrons. The molecule has 1 amide bonds. The number of phenols is 1. The minimum atomic E-state index is -0.513. The molecule has 0 fully saturated rings. The Morgan fingerprint density at radius 2 is 2.09 bits per heavy atom. The maximum atomic E-state index is 12.6. The summed E-state index contributed by atoms with van der Waals surface area (Å²) >= 11 is 0. The molecule has 0 saturated carbocycles. The lowest BCUT2D eigenvalue weighted by molar-refractivity contribution is 0.0131. The van der Waals surface area contributed by atoms with Crippen molar-refractivity contribution >= 4 is 6.09 Å². The number of rotatable bonds is 3. The molecule has 0 aromatic heterocycles. The molecule has 1 aromatic rings. The van der Waals surface area contributed by atoms with Crippen molar-refractivity contribution < 1.29 is 19.4 Å². The number of carbonyl (C=O) groups is 1. The molecule has 1 heterocycles. The summed E-state index contributed by atoms with van der Waals surface area (Å²) < 4.78 is 10.8. The zero-order valence-corrected chi connectivity index (χ0v) is 14.7. The largest absolute Gasteiger partial charge is 0.504 e. The molecule has 23 heavy (non-hydrogen) atoms. The predicted molar refractivity (Wildman–Crippen MR) is 89.0 cm³/mol. The highest BCUT2D eigenvalue weighted by Gasteiger charge is 2.33. The van der Waals surface area contributed by atoms with Crippen LogP contribution in [0, 0.1) is 0 Å². The lowest BCUT2D eigenvalue weighted by Crippen LogP contribution is -2.43. The molecule has 1 aromatic carbocycles. The first-order valence-corrected chi connectivity index (χ1v) is 8.16. The van der Waals surface area contributed by atoms with E-state index in [0.717, 1.165) is 24.0 Å². The molecule has 5 heteroatoms. The fourth-order valence-electron chi connectivity index (χ4n) is 3.01. The molecular weight excluding hydrogens is 294 g/mol. The monoisotopic (exact) mass is 321 g/mol. The van der Waals surface area contributed by atoms with Crippen molar-refractivity contribution in [2.24, 2.45) is 0 Å². The van der Waals surface area contributed by atoms with Crippen LogP contribution in [0.15, 0.2) is 12.1 Å². The maximum absolute atomic E-state index is 12.6. The Morgan fingerprint density at radius 3 is 2.65 bits per heavy atom. The number of fused-ring (bicyclic) bond motifs is 1. The van der Waals surface area contributed by atoms with Gasteiger partial charge in [-0.15, -0.1) is 0 Å². The van der Waals surface area contributed by atoms with Crippen molar-refractivity contribution in [1.29, 1.82) is 0 Å². The zero-order chi connectivity index (χ0) is 17.2. The predicted octanol–water partition coefficient (Wildman–Crippen LogP) is 4.04. The Bertz CT molecular complexity index is 577. The first-order chi connectivity index (χ1) is 10.8. The Balaban J connectivity index is 2.36. The third-order valence-electron chi connectivity index (χ3n) is 3.99. The smallest absolute Gasteiger partial charge is 0.410 e. The zero-order valence-electron chi connectivity index (χ0n) is 14.7.